The van der Waals surface area contributed by atoms with Gasteiger partial charge in [-0.3, -0.25) is 0 Å². The standard InChI is InChI=1S/C7H18N2.CH3Cl/c1-3-9(4-2)7-5-6-8;1-2/h3-8H2,1-2H3;1H3. The van der Waals surface area contributed by atoms with Gasteiger partial charge in [0, 0.05) is 6.38 Å². The van der Waals surface area contributed by atoms with Crippen LogP contribution in [0.15, 0.2) is 0 Å². The van der Waals surface area contributed by atoms with E-state index >= 15 is 0 Å². The minimum atomic E-state index is 0.816. The van der Waals surface area contributed by atoms with Crippen LogP contribution in [0.5, 0.6) is 0 Å². The van der Waals surface area contributed by atoms with Crippen molar-refractivity contribution in [1.82, 2.24) is 4.90 Å². The first-order valence-corrected chi connectivity index (χ1v) is 4.91. The molecule has 0 atom stereocenters. The van der Waals surface area contributed by atoms with Crippen LogP contribution in [0.4, 0.5) is 0 Å². The van der Waals surface area contributed by atoms with Crippen molar-refractivity contribution in [3.05, 3.63) is 0 Å². The van der Waals surface area contributed by atoms with Gasteiger partial charge in [0.15, 0.2) is 0 Å². The lowest BCUT2D eigenvalue weighted by Crippen LogP contribution is -2.25. The number of nitrogens with two attached hydrogens (primary N) is 1. The predicted octanol–water partition coefficient (Wildman–Crippen LogP) is 1.53. The Morgan fingerprint density at radius 1 is 1.18 bits per heavy atom. The summed E-state index contributed by atoms with van der Waals surface area (Å²) >= 11 is 4.64. The van der Waals surface area contributed by atoms with Gasteiger partial charge in [-0.1, -0.05) is 13.8 Å². The number of alkyl halides is 1. The molecule has 0 saturated heterocycles. The van der Waals surface area contributed by atoms with Crippen molar-refractivity contribution < 1.29 is 0 Å². The summed E-state index contributed by atoms with van der Waals surface area (Å²) in [6, 6.07) is 0. The molecule has 0 aromatic heterocycles. The van der Waals surface area contributed by atoms with Crippen molar-refractivity contribution in [2.45, 2.75) is 20.3 Å². The molecule has 0 rings (SSSR count). The van der Waals surface area contributed by atoms with Crippen LogP contribution >= 0.6 is 11.6 Å². The van der Waals surface area contributed by atoms with Gasteiger partial charge >= 0.3 is 0 Å². The molecule has 0 aromatic carbocycles. The second-order valence-corrected chi connectivity index (χ2v) is 2.17. The first kappa shape index (κ1) is 13.8. The van der Waals surface area contributed by atoms with Crippen LogP contribution in [-0.4, -0.2) is 37.5 Å². The Bertz CT molecular complexity index is 56.1. The third kappa shape index (κ3) is 10.2. The number of hydrogen-bond donors (Lipinski definition) is 1. The molecule has 0 aromatic rings. The third-order valence-electron chi connectivity index (χ3n) is 1.57. The maximum Gasteiger partial charge on any atom is 0.0108 e. The molecular weight excluding hydrogens is 160 g/mol. The molecular formula is C8H21ClN2. The Morgan fingerprint density at radius 2 is 1.64 bits per heavy atom. The number of hydrogen-bond acceptors (Lipinski definition) is 2. The molecule has 0 heterocycles. The fraction of sp³-hybridized carbons (Fsp3) is 1.00. The zero-order valence-corrected chi connectivity index (χ0v) is 8.69. The lowest BCUT2D eigenvalue weighted by Gasteiger charge is -2.16. The second-order valence-electron chi connectivity index (χ2n) is 2.17. The highest BCUT2D eigenvalue weighted by Crippen LogP contribution is 1.87. The van der Waals surface area contributed by atoms with Gasteiger partial charge in [0.1, 0.15) is 0 Å². The summed E-state index contributed by atoms with van der Waals surface area (Å²) < 4.78 is 0. The molecule has 0 spiro atoms. The molecule has 2 N–H and O–H groups in total. The number of halogens is 1. The van der Waals surface area contributed by atoms with Crippen molar-refractivity contribution in [3.8, 4) is 0 Å². The third-order valence-corrected chi connectivity index (χ3v) is 1.57. The molecule has 0 saturated carbocycles. The summed E-state index contributed by atoms with van der Waals surface area (Å²) in [6.45, 7) is 8.63. The molecule has 0 radical (unpaired) electrons. The lowest BCUT2D eigenvalue weighted by molar-refractivity contribution is 0.302. The minimum Gasteiger partial charge on any atom is -0.330 e. The average Bonchev–Trinajstić information content (AvgIpc) is 2.10. The molecule has 0 amide bonds. The highest BCUT2D eigenvalue weighted by Gasteiger charge is 1.94. The predicted molar refractivity (Wildman–Crippen MR) is 53.2 cm³/mol. The Labute approximate surface area is 75.7 Å². The van der Waals surface area contributed by atoms with Crippen LogP contribution in [0.1, 0.15) is 20.3 Å². The Hall–Kier alpha value is 0.210. The van der Waals surface area contributed by atoms with E-state index in [1.165, 1.54) is 6.38 Å². The van der Waals surface area contributed by atoms with Gasteiger partial charge in [0.2, 0.25) is 0 Å². The van der Waals surface area contributed by atoms with E-state index in [0.717, 1.165) is 32.6 Å². The van der Waals surface area contributed by atoms with Crippen LogP contribution in [0.3, 0.4) is 0 Å². The van der Waals surface area contributed by atoms with E-state index < -0.39 is 0 Å². The van der Waals surface area contributed by atoms with Crippen molar-refractivity contribution in [2.75, 3.05) is 32.6 Å². The number of rotatable bonds is 5. The summed E-state index contributed by atoms with van der Waals surface area (Å²) in [7, 11) is 0. The summed E-state index contributed by atoms with van der Waals surface area (Å²) in [6.07, 6.45) is 2.60. The van der Waals surface area contributed by atoms with E-state index in [1.807, 2.05) is 0 Å². The van der Waals surface area contributed by atoms with Gasteiger partial charge in [-0.25, -0.2) is 0 Å². The summed E-state index contributed by atoms with van der Waals surface area (Å²) in [5, 5.41) is 0. The van der Waals surface area contributed by atoms with Gasteiger partial charge in [0.25, 0.3) is 0 Å². The van der Waals surface area contributed by atoms with Crippen LogP contribution < -0.4 is 5.73 Å². The first-order chi connectivity index (χ1) is 5.35. The van der Waals surface area contributed by atoms with Crippen LogP contribution in [0.2, 0.25) is 0 Å². The Morgan fingerprint density at radius 3 is 1.91 bits per heavy atom. The van der Waals surface area contributed by atoms with E-state index in [2.05, 4.69) is 30.3 Å². The first-order valence-electron chi connectivity index (χ1n) is 4.15. The van der Waals surface area contributed by atoms with Crippen LogP contribution in [0.25, 0.3) is 0 Å². The second kappa shape index (κ2) is 12.8. The minimum absolute atomic E-state index is 0.816. The maximum atomic E-state index is 5.36. The molecule has 0 aliphatic carbocycles. The zero-order chi connectivity index (χ0) is 9.11. The zero-order valence-electron chi connectivity index (χ0n) is 7.94. The fourth-order valence-electron chi connectivity index (χ4n) is 0.855. The molecule has 3 heteroatoms. The molecule has 2 nitrogen and oxygen atoms in total. The molecule has 0 aliphatic rings. The molecule has 0 bridgehead atoms. The van der Waals surface area contributed by atoms with Crippen LogP contribution in [0, 0.1) is 0 Å². The van der Waals surface area contributed by atoms with Gasteiger partial charge in [-0.2, -0.15) is 0 Å². The van der Waals surface area contributed by atoms with Crippen LogP contribution in [-0.2, 0) is 0 Å². The van der Waals surface area contributed by atoms with Gasteiger partial charge in [0.05, 0.1) is 0 Å². The smallest absolute Gasteiger partial charge is 0.0108 e. The fourth-order valence-corrected chi connectivity index (χ4v) is 0.855. The van der Waals surface area contributed by atoms with Gasteiger partial charge < -0.3 is 10.6 Å². The Balaban J connectivity index is 0. The summed E-state index contributed by atoms with van der Waals surface area (Å²) in [5.41, 5.74) is 5.36. The maximum absolute atomic E-state index is 5.36. The monoisotopic (exact) mass is 180 g/mol. The quantitative estimate of drug-likeness (QED) is 0.651. The van der Waals surface area contributed by atoms with E-state index in [-0.39, 0.29) is 0 Å². The van der Waals surface area contributed by atoms with Gasteiger partial charge in [-0.05, 0) is 32.6 Å². The van der Waals surface area contributed by atoms with E-state index in [1.54, 1.807) is 0 Å². The topological polar surface area (TPSA) is 29.3 Å². The normalized spacial score (nSPS) is 9.27. The summed E-state index contributed by atoms with van der Waals surface area (Å²) in [4.78, 5) is 2.38. The van der Waals surface area contributed by atoms with Gasteiger partial charge in [-0.15, -0.1) is 11.6 Å². The SMILES string of the molecule is CCN(CC)CCCN.CCl. The van der Waals surface area contributed by atoms with Crippen molar-refractivity contribution >= 4 is 11.6 Å². The number of nitrogens with zero attached hydrogens (tertiary/aromatic N) is 1. The largest absolute Gasteiger partial charge is 0.330 e. The highest BCUT2D eigenvalue weighted by molar-refractivity contribution is 6.15. The molecule has 70 valence electrons. The lowest BCUT2D eigenvalue weighted by atomic mass is 10.4. The van der Waals surface area contributed by atoms with Crippen molar-refractivity contribution in [3.63, 3.8) is 0 Å². The highest BCUT2D eigenvalue weighted by atomic mass is 35.5. The van der Waals surface area contributed by atoms with E-state index in [9.17, 15) is 0 Å². The molecule has 11 heavy (non-hydrogen) atoms. The molecule has 0 unspecified atom stereocenters. The molecule has 0 fully saturated rings. The van der Waals surface area contributed by atoms with Crippen molar-refractivity contribution in [2.24, 2.45) is 5.73 Å². The van der Waals surface area contributed by atoms with E-state index in [4.69, 9.17) is 5.73 Å². The Kier molecular flexibility index (Phi) is 16.1. The van der Waals surface area contributed by atoms with E-state index in [0.29, 0.717) is 0 Å². The summed E-state index contributed by atoms with van der Waals surface area (Å²) in [5.74, 6) is 0. The van der Waals surface area contributed by atoms with Crippen molar-refractivity contribution in [1.29, 1.82) is 0 Å². The molecule has 0 aliphatic heterocycles. The average molecular weight is 181 g/mol.